The molecule has 0 amide bonds. The third-order valence-electron chi connectivity index (χ3n) is 4.53. The van der Waals surface area contributed by atoms with Crippen LogP contribution in [0.2, 0.25) is 0 Å². The minimum absolute atomic E-state index is 1.21. The van der Waals surface area contributed by atoms with Crippen LogP contribution in [0.4, 0.5) is 5.69 Å². The molecule has 0 bridgehead atoms. The normalized spacial score (nSPS) is 11.0. The van der Waals surface area contributed by atoms with E-state index in [2.05, 4.69) is 48.6 Å². The number of unbranched alkanes of at least 4 members (excludes halogenated alkanes) is 7. The summed E-state index contributed by atoms with van der Waals surface area (Å²) in [5.74, 6) is 0. The lowest BCUT2D eigenvalue weighted by Crippen LogP contribution is -1.91. The molecule has 0 fully saturated rings. The van der Waals surface area contributed by atoms with Crippen molar-refractivity contribution in [3.05, 3.63) is 42.0 Å². The fourth-order valence-corrected chi connectivity index (χ4v) is 3.16. The maximum absolute atomic E-state index is 3.30. The molecular formula is C21H31N. The summed E-state index contributed by atoms with van der Waals surface area (Å²) in [5.41, 5.74) is 2.71. The number of anilines is 1. The van der Waals surface area contributed by atoms with Crippen LogP contribution in [-0.4, -0.2) is 7.05 Å². The lowest BCUT2D eigenvalue weighted by Gasteiger charge is -2.08. The number of benzene rings is 2. The van der Waals surface area contributed by atoms with Gasteiger partial charge in [0.15, 0.2) is 0 Å². The zero-order valence-corrected chi connectivity index (χ0v) is 14.3. The zero-order chi connectivity index (χ0) is 15.6. The van der Waals surface area contributed by atoms with E-state index in [0.717, 1.165) is 0 Å². The molecule has 0 atom stereocenters. The van der Waals surface area contributed by atoms with Crippen molar-refractivity contribution in [3.8, 4) is 0 Å². The minimum atomic E-state index is 1.21. The van der Waals surface area contributed by atoms with Gasteiger partial charge in [0.25, 0.3) is 0 Å². The summed E-state index contributed by atoms with van der Waals surface area (Å²) in [5, 5.41) is 5.97. The molecule has 0 saturated carbocycles. The van der Waals surface area contributed by atoms with Crippen molar-refractivity contribution in [3.63, 3.8) is 0 Å². The Balaban J connectivity index is 1.77. The van der Waals surface area contributed by atoms with Crippen LogP contribution in [0.25, 0.3) is 10.8 Å². The first-order valence-electron chi connectivity index (χ1n) is 9.04. The van der Waals surface area contributed by atoms with E-state index in [9.17, 15) is 0 Å². The minimum Gasteiger partial charge on any atom is -0.388 e. The van der Waals surface area contributed by atoms with Crippen molar-refractivity contribution in [1.82, 2.24) is 0 Å². The molecule has 1 N–H and O–H groups in total. The van der Waals surface area contributed by atoms with E-state index in [1.807, 2.05) is 7.05 Å². The molecule has 0 aliphatic carbocycles. The van der Waals surface area contributed by atoms with E-state index >= 15 is 0 Å². The third-order valence-corrected chi connectivity index (χ3v) is 4.53. The van der Waals surface area contributed by atoms with E-state index in [1.165, 1.54) is 79.8 Å². The third kappa shape index (κ3) is 5.05. The van der Waals surface area contributed by atoms with Crippen LogP contribution in [-0.2, 0) is 6.42 Å². The van der Waals surface area contributed by atoms with Gasteiger partial charge in [0.2, 0.25) is 0 Å². The smallest absolute Gasteiger partial charge is 0.0417 e. The lowest BCUT2D eigenvalue weighted by molar-refractivity contribution is 0.575. The molecule has 0 unspecified atom stereocenters. The highest BCUT2D eigenvalue weighted by molar-refractivity contribution is 5.94. The molecule has 0 heterocycles. The van der Waals surface area contributed by atoms with Crippen LogP contribution in [0.15, 0.2) is 36.4 Å². The van der Waals surface area contributed by atoms with Crippen LogP contribution >= 0.6 is 0 Å². The number of hydrogen-bond donors (Lipinski definition) is 1. The number of aryl methyl sites for hydroxylation is 1. The van der Waals surface area contributed by atoms with Gasteiger partial charge in [-0.05, 0) is 35.9 Å². The predicted molar refractivity (Wildman–Crippen MR) is 99.8 cm³/mol. The maximum atomic E-state index is 3.30. The fraction of sp³-hybridized carbons (Fsp3) is 0.524. The lowest BCUT2D eigenvalue weighted by atomic mass is 10.0. The first kappa shape index (κ1) is 16.9. The van der Waals surface area contributed by atoms with E-state index in [4.69, 9.17) is 0 Å². The summed E-state index contributed by atoms with van der Waals surface area (Å²) in [7, 11) is 2.00. The monoisotopic (exact) mass is 297 g/mol. The molecule has 2 aromatic carbocycles. The standard InChI is InChI=1S/C21H31N/c1-3-4-5-6-7-8-9-10-12-18-15-16-19-13-11-14-21(22-2)20(19)17-18/h11,13-17,22H,3-10,12H2,1-2H3. The Morgan fingerprint density at radius 3 is 2.27 bits per heavy atom. The highest BCUT2D eigenvalue weighted by Gasteiger charge is 2.01. The molecule has 2 aromatic rings. The molecule has 0 spiro atoms. The van der Waals surface area contributed by atoms with Gasteiger partial charge in [-0.1, -0.05) is 76.1 Å². The number of nitrogens with one attached hydrogen (secondary N) is 1. The van der Waals surface area contributed by atoms with Gasteiger partial charge in [-0.25, -0.2) is 0 Å². The Labute approximate surface area is 136 Å². The molecule has 0 aliphatic heterocycles. The van der Waals surface area contributed by atoms with Gasteiger partial charge in [0, 0.05) is 18.1 Å². The summed E-state index contributed by atoms with van der Waals surface area (Å²) < 4.78 is 0. The predicted octanol–water partition coefficient (Wildman–Crippen LogP) is 6.56. The molecule has 2 rings (SSSR count). The Hall–Kier alpha value is -1.50. The van der Waals surface area contributed by atoms with Gasteiger partial charge in [0.05, 0.1) is 0 Å². The second-order valence-corrected chi connectivity index (χ2v) is 6.34. The summed E-state index contributed by atoms with van der Waals surface area (Å²) in [6.45, 7) is 2.28. The van der Waals surface area contributed by atoms with Crippen LogP contribution in [0, 0.1) is 0 Å². The van der Waals surface area contributed by atoms with Crippen molar-refractivity contribution in [2.24, 2.45) is 0 Å². The van der Waals surface area contributed by atoms with Gasteiger partial charge in [-0.15, -0.1) is 0 Å². The van der Waals surface area contributed by atoms with E-state index < -0.39 is 0 Å². The van der Waals surface area contributed by atoms with Gasteiger partial charge in [0.1, 0.15) is 0 Å². The van der Waals surface area contributed by atoms with Crippen LogP contribution in [0.3, 0.4) is 0 Å². The van der Waals surface area contributed by atoms with Crippen molar-refractivity contribution in [2.45, 2.75) is 64.7 Å². The average molecular weight is 297 g/mol. The Morgan fingerprint density at radius 2 is 1.55 bits per heavy atom. The van der Waals surface area contributed by atoms with E-state index in [0.29, 0.717) is 0 Å². The quantitative estimate of drug-likeness (QED) is 0.489. The average Bonchev–Trinajstić information content (AvgIpc) is 2.56. The summed E-state index contributed by atoms with van der Waals surface area (Å²) in [6.07, 6.45) is 12.3. The van der Waals surface area contributed by atoms with Gasteiger partial charge in [-0.3, -0.25) is 0 Å². The summed E-state index contributed by atoms with van der Waals surface area (Å²) >= 11 is 0. The van der Waals surface area contributed by atoms with Gasteiger partial charge >= 0.3 is 0 Å². The molecule has 0 radical (unpaired) electrons. The van der Waals surface area contributed by atoms with Crippen LogP contribution in [0.5, 0.6) is 0 Å². The van der Waals surface area contributed by atoms with Crippen LogP contribution in [0.1, 0.15) is 63.9 Å². The summed E-state index contributed by atoms with van der Waals surface area (Å²) in [4.78, 5) is 0. The van der Waals surface area contributed by atoms with Gasteiger partial charge < -0.3 is 5.32 Å². The fourth-order valence-electron chi connectivity index (χ4n) is 3.16. The van der Waals surface area contributed by atoms with Crippen molar-refractivity contribution < 1.29 is 0 Å². The molecule has 120 valence electrons. The number of fused-ring (bicyclic) bond motifs is 1. The SMILES string of the molecule is CCCCCCCCCCc1ccc2cccc(NC)c2c1. The Morgan fingerprint density at radius 1 is 0.818 bits per heavy atom. The first-order chi connectivity index (χ1) is 10.8. The highest BCUT2D eigenvalue weighted by Crippen LogP contribution is 2.25. The Bertz CT molecular complexity index is 559. The zero-order valence-electron chi connectivity index (χ0n) is 14.3. The second-order valence-electron chi connectivity index (χ2n) is 6.34. The molecule has 0 aromatic heterocycles. The van der Waals surface area contributed by atoms with Crippen LogP contribution < -0.4 is 5.32 Å². The first-order valence-corrected chi connectivity index (χ1v) is 9.04. The molecule has 22 heavy (non-hydrogen) atoms. The largest absolute Gasteiger partial charge is 0.388 e. The van der Waals surface area contributed by atoms with Crippen molar-refractivity contribution in [1.29, 1.82) is 0 Å². The molecule has 0 aliphatic rings. The molecular weight excluding hydrogens is 266 g/mol. The Kier molecular flexibility index (Phi) is 7.28. The maximum Gasteiger partial charge on any atom is 0.0417 e. The molecule has 1 heteroatoms. The van der Waals surface area contributed by atoms with Crippen molar-refractivity contribution in [2.75, 3.05) is 12.4 Å². The summed E-state index contributed by atoms with van der Waals surface area (Å²) in [6, 6.07) is 13.4. The second kappa shape index (κ2) is 9.50. The molecule has 0 saturated heterocycles. The number of hydrogen-bond acceptors (Lipinski definition) is 1. The van der Waals surface area contributed by atoms with Gasteiger partial charge in [-0.2, -0.15) is 0 Å². The molecule has 1 nitrogen and oxygen atoms in total. The number of rotatable bonds is 10. The highest BCUT2D eigenvalue weighted by atomic mass is 14.8. The van der Waals surface area contributed by atoms with E-state index in [-0.39, 0.29) is 0 Å². The topological polar surface area (TPSA) is 12.0 Å². The van der Waals surface area contributed by atoms with E-state index in [1.54, 1.807) is 0 Å². The van der Waals surface area contributed by atoms with Crippen molar-refractivity contribution >= 4 is 16.5 Å².